The van der Waals surface area contributed by atoms with Crippen molar-refractivity contribution in [1.82, 2.24) is 0 Å². The molecule has 2 N–H and O–H groups in total. The quantitative estimate of drug-likeness (QED) is 0.544. The van der Waals surface area contributed by atoms with Crippen LogP contribution in [0.4, 0.5) is 0 Å². The van der Waals surface area contributed by atoms with E-state index in [2.05, 4.69) is 6.55 Å². The molecule has 0 aliphatic rings. The molecule has 0 radical (unpaired) electrons. The Hall–Kier alpha value is 0.137. The molecule has 0 fully saturated rings. The van der Waals surface area contributed by atoms with Crippen molar-refractivity contribution < 1.29 is 4.43 Å². The fourth-order valence-corrected chi connectivity index (χ4v) is 1.10. The van der Waals surface area contributed by atoms with Gasteiger partial charge in [-0.1, -0.05) is 6.55 Å². The third kappa shape index (κ3) is 6.14. The first-order chi connectivity index (χ1) is 3.56. The molecule has 0 atom stereocenters. The van der Waals surface area contributed by atoms with Crippen LogP contribution < -0.4 is 5.73 Å². The summed E-state index contributed by atoms with van der Waals surface area (Å²) in [5, 5.41) is 0. The molecular weight excluding hydrogens is 118 g/mol. The van der Waals surface area contributed by atoms with Crippen LogP contribution in [-0.2, 0) is 4.43 Å². The second-order valence-corrected chi connectivity index (χ2v) is 3.61. The van der Waals surface area contributed by atoms with Crippen molar-refractivity contribution in [1.29, 1.82) is 0 Å². The van der Waals surface area contributed by atoms with Gasteiger partial charge in [-0.25, -0.2) is 0 Å². The van der Waals surface area contributed by atoms with Crippen molar-refractivity contribution in [2.24, 2.45) is 5.73 Å². The van der Waals surface area contributed by atoms with Crippen molar-refractivity contribution >= 4 is 9.76 Å². The minimum absolute atomic E-state index is 0.136. The van der Waals surface area contributed by atoms with E-state index in [9.17, 15) is 0 Å². The topological polar surface area (TPSA) is 35.2 Å². The van der Waals surface area contributed by atoms with E-state index in [1.807, 2.05) is 13.8 Å². The van der Waals surface area contributed by atoms with Gasteiger partial charge in [0.25, 0.3) is 0 Å². The van der Waals surface area contributed by atoms with Gasteiger partial charge < -0.3 is 10.2 Å². The summed E-state index contributed by atoms with van der Waals surface area (Å²) in [6, 6.07) is 0. The van der Waals surface area contributed by atoms with E-state index in [0.29, 0.717) is 6.61 Å². The van der Waals surface area contributed by atoms with Crippen LogP contribution in [0, 0.1) is 0 Å². The van der Waals surface area contributed by atoms with E-state index in [1.165, 1.54) is 0 Å². The second kappa shape index (κ2) is 3.22. The first kappa shape index (κ1) is 8.14. The third-order valence-electron chi connectivity index (χ3n) is 0.678. The lowest BCUT2D eigenvalue weighted by Crippen LogP contribution is -2.37. The lowest BCUT2D eigenvalue weighted by atomic mass is 10.1. The zero-order chi connectivity index (χ0) is 6.62. The highest BCUT2D eigenvalue weighted by Gasteiger charge is 2.08. The first-order valence-electron chi connectivity index (χ1n) is 2.93. The van der Waals surface area contributed by atoms with Gasteiger partial charge in [-0.3, -0.25) is 0 Å². The Labute approximate surface area is 53.4 Å². The molecule has 0 saturated carbocycles. The van der Waals surface area contributed by atoms with Gasteiger partial charge in [0, 0.05) is 5.54 Å². The molecule has 2 nitrogen and oxygen atoms in total. The van der Waals surface area contributed by atoms with Crippen LogP contribution in [0.15, 0.2) is 0 Å². The molecular formula is C5H15NOSi. The minimum atomic E-state index is -0.246. The molecule has 0 unspecified atom stereocenters. The summed E-state index contributed by atoms with van der Waals surface area (Å²) >= 11 is 0. The van der Waals surface area contributed by atoms with Crippen molar-refractivity contribution in [3.63, 3.8) is 0 Å². The molecule has 0 aliphatic heterocycles. The number of hydrogen-bond donors (Lipinski definition) is 1. The van der Waals surface area contributed by atoms with Crippen LogP contribution in [-0.4, -0.2) is 21.9 Å². The zero-order valence-corrected chi connectivity index (χ0v) is 7.31. The fourth-order valence-electron chi connectivity index (χ4n) is 0.365. The maximum Gasteiger partial charge on any atom is 0.158 e. The number of rotatable bonds is 3. The molecule has 0 aromatic heterocycles. The molecule has 0 rings (SSSR count). The predicted molar refractivity (Wildman–Crippen MR) is 38.6 cm³/mol. The Morgan fingerprint density at radius 1 is 1.62 bits per heavy atom. The normalized spacial score (nSPS) is 13.5. The SMILES string of the molecule is C[SiH2]OCC(C)(C)N. The molecule has 0 aliphatic carbocycles. The zero-order valence-electron chi connectivity index (χ0n) is 5.90. The van der Waals surface area contributed by atoms with Gasteiger partial charge in [0.15, 0.2) is 9.76 Å². The second-order valence-electron chi connectivity index (χ2n) is 2.63. The average molecular weight is 133 g/mol. The van der Waals surface area contributed by atoms with Gasteiger partial charge >= 0.3 is 0 Å². The van der Waals surface area contributed by atoms with Crippen molar-refractivity contribution in [2.75, 3.05) is 6.61 Å². The molecule has 50 valence electrons. The van der Waals surface area contributed by atoms with Gasteiger partial charge in [0.05, 0.1) is 6.61 Å². The van der Waals surface area contributed by atoms with Crippen LogP contribution >= 0.6 is 0 Å². The predicted octanol–water partition coefficient (Wildman–Crippen LogP) is -0.128. The van der Waals surface area contributed by atoms with E-state index in [-0.39, 0.29) is 15.3 Å². The monoisotopic (exact) mass is 133 g/mol. The van der Waals surface area contributed by atoms with E-state index < -0.39 is 0 Å². The molecule has 0 aromatic carbocycles. The Kier molecular flexibility index (Phi) is 3.27. The van der Waals surface area contributed by atoms with Crippen molar-refractivity contribution in [2.45, 2.75) is 25.9 Å². The van der Waals surface area contributed by atoms with E-state index in [0.717, 1.165) is 0 Å². The van der Waals surface area contributed by atoms with Gasteiger partial charge in [0.2, 0.25) is 0 Å². The molecule has 8 heavy (non-hydrogen) atoms. The Morgan fingerprint density at radius 3 is 2.25 bits per heavy atom. The van der Waals surface area contributed by atoms with Gasteiger partial charge in [-0.2, -0.15) is 0 Å². The molecule has 0 bridgehead atoms. The number of nitrogens with two attached hydrogens (primary N) is 1. The molecule has 0 heterocycles. The van der Waals surface area contributed by atoms with Crippen LogP contribution in [0.2, 0.25) is 6.55 Å². The summed E-state index contributed by atoms with van der Waals surface area (Å²) in [4.78, 5) is 0. The maximum absolute atomic E-state index is 5.62. The molecule has 0 saturated heterocycles. The highest BCUT2D eigenvalue weighted by atomic mass is 28.2. The summed E-state index contributed by atoms with van der Waals surface area (Å²) in [5.41, 5.74) is 5.48. The highest BCUT2D eigenvalue weighted by molar-refractivity contribution is 6.24. The summed E-state index contributed by atoms with van der Waals surface area (Å²) in [5.74, 6) is 0. The van der Waals surface area contributed by atoms with Crippen LogP contribution in [0.25, 0.3) is 0 Å². The van der Waals surface area contributed by atoms with Crippen molar-refractivity contribution in [3.8, 4) is 0 Å². The van der Waals surface area contributed by atoms with E-state index in [4.69, 9.17) is 10.2 Å². The summed E-state index contributed by atoms with van der Waals surface area (Å²) in [7, 11) is -0.246. The molecule has 0 amide bonds. The van der Waals surface area contributed by atoms with Crippen LogP contribution in [0.5, 0.6) is 0 Å². The average Bonchev–Trinajstić information content (AvgIpc) is 1.59. The number of hydrogen-bond acceptors (Lipinski definition) is 2. The van der Waals surface area contributed by atoms with E-state index >= 15 is 0 Å². The minimum Gasteiger partial charge on any atom is -0.422 e. The van der Waals surface area contributed by atoms with Gasteiger partial charge in [-0.05, 0) is 13.8 Å². The molecule has 0 aromatic rings. The van der Waals surface area contributed by atoms with Gasteiger partial charge in [-0.15, -0.1) is 0 Å². The highest BCUT2D eigenvalue weighted by Crippen LogP contribution is 1.94. The van der Waals surface area contributed by atoms with E-state index in [1.54, 1.807) is 0 Å². The Bertz CT molecular complexity index is 59.9. The summed E-state index contributed by atoms with van der Waals surface area (Å²) in [6.07, 6.45) is 0. The lowest BCUT2D eigenvalue weighted by Gasteiger charge is -2.17. The standard InChI is InChI=1S/C5H15NOSi/c1-5(2,6)4-7-8-3/h4,6,8H2,1-3H3. The van der Waals surface area contributed by atoms with Gasteiger partial charge in [0.1, 0.15) is 0 Å². The summed E-state index contributed by atoms with van der Waals surface area (Å²) in [6.45, 7) is 6.75. The third-order valence-corrected chi connectivity index (χ3v) is 1.29. The van der Waals surface area contributed by atoms with Crippen LogP contribution in [0.1, 0.15) is 13.8 Å². The Balaban J connectivity index is 3.11. The van der Waals surface area contributed by atoms with Crippen molar-refractivity contribution in [3.05, 3.63) is 0 Å². The Morgan fingerprint density at radius 2 is 2.12 bits per heavy atom. The largest absolute Gasteiger partial charge is 0.422 e. The smallest absolute Gasteiger partial charge is 0.158 e. The summed E-state index contributed by atoms with van der Waals surface area (Å²) < 4.78 is 5.21. The van der Waals surface area contributed by atoms with Crippen LogP contribution in [0.3, 0.4) is 0 Å². The first-order valence-corrected chi connectivity index (χ1v) is 4.92. The lowest BCUT2D eigenvalue weighted by molar-refractivity contribution is 0.256. The molecule has 3 heteroatoms. The maximum atomic E-state index is 5.62. The fraction of sp³-hybridized carbons (Fsp3) is 1.00. The molecule has 0 spiro atoms.